The van der Waals surface area contributed by atoms with Gasteiger partial charge in [-0.2, -0.15) is 12.1 Å². The van der Waals surface area contributed by atoms with Crippen LogP contribution in [-0.2, 0) is 34.6 Å². The molecule has 0 saturated heterocycles. The van der Waals surface area contributed by atoms with Crippen molar-refractivity contribution >= 4 is 67.9 Å². The predicted molar refractivity (Wildman–Crippen MR) is 112 cm³/mol. The second-order valence-electron chi connectivity index (χ2n) is 5.11. The third-order valence-electron chi connectivity index (χ3n) is 3.96. The molecule has 0 unspecified atom stereocenters. The topological polar surface area (TPSA) is 0 Å². The van der Waals surface area contributed by atoms with Crippen LogP contribution in [0.2, 0.25) is 0 Å². The molecular weight excluding hydrogens is 411 g/mol. The summed E-state index contributed by atoms with van der Waals surface area (Å²) in [5, 5.41) is 5.77. The van der Waals surface area contributed by atoms with Gasteiger partial charge in [-0.05, 0) is 24.0 Å². The molecule has 0 atom stereocenters. The summed E-state index contributed by atoms with van der Waals surface area (Å²) in [7, 11) is 0.760. The van der Waals surface area contributed by atoms with Gasteiger partial charge in [0.05, 0.1) is 9.52 Å². The molecule has 0 bridgehead atoms. The molecule has 0 heterocycles. The van der Waals surface area contributed by atoms with E-state index in [2.05, 4.69) is 68.4 Å². The Kier molecular flexibility index (Phi) is 13.3. The summed E-state index contributed by atoms with van der Waals surface area (Å²) in [5.74, 6) is 0. The average Bonchev–Trinajstić information content (AvgIpc) is 2.90. The zero-order chi connectivity index (χ0) is 13.9. The molecule has 0 aliphatic heterocycles. The molecule has 0 saturated carbocycles. The smallest absolute Gasteiger partial charge is 0.0585 e. The van der Waals surface area contributed by atoms with E-state index in [0.29, 0.717) is 0 Å². The first-order valence-corrected chi connectivity index (χ1v) is 8.35. The Labute approximate surface area is 181 Å². The summed E-state index contributed by atoms with van der Waals surface area (Å²) in [5.41, 5.74) is 3.06. The SMILES string of the molecule is CCc1cccc([Si][c-]2ccc3ccccc32)c1CC.Cl.Cl.Cl.[Ti]. The van der Waals surface area contributed by atoms with Gasteiger partial charge in [0.25, 0.3) is 0 Å². The minimum absolute atomic E-state index is 0. The Morgan fingerprint density at radius 3 is 2.21 bits per heavy atom. The Morgan fingerprint density at radius 1 is 0.833 bits per heavy atom. The maximum Gasteiger partial charge on any atom is 0.0585 e. The molecule has 3 rings (SSSR count). The van der Waals surface area contributed by atoms with Crippen LogP contribution in [0, 0.1) is 0 Å². The maximum absolute atomic E-state index is 2.30. The van der Waals surface area contributed by atoms with Crippen LogP contribution in [-0.4, -0.2) is 9.52 Å². The summed E-state index contributed by atoms with van der Waals surface area (Å²) >= 11 is 0. The second-order valence-corrected chi connectivity index (χ2v) is 6.44. The van der Waals surface area contributed by atoms with Crippen molar-refractivity contribution in [1.82, 2.24) is 0 Å². The minimum Gasteiger partial charge on any atom is -0.168 e. The van der Waals surface area contributed by atoms with E-state index in [9.17, 15) is 0 Å². The van der Waals surface area contributed by atoms with Crippen LogP contribution in [0.3, 0.4) is 0 Å². The third-order valence-corrected chi connectivity index (χ3v) is 5.40. The molecule has 0 aliphatic carbocycles. The van der Waals surface area contributed by atoms with Gasteiger partial charge in [0.15, 0.2) is 0 Å². The summed E-state index contributed by atoms with van der Waals surface area (Å²) < 4.78 is 0. The van der Waals surface area contributed by atoms with Crippen molar-refractivity contribution in [2.24, 2.45) is 0 Å². The molecule has 128 valence electrons. The largest absolute Gasteiger partial charge is 0.168 e. The normalized spacial score (nSPS) is 9.25. The second kappa shape index (κ2) is 12.2. The standard InChI is InChI=1S/C19H19Si.3ClH.Ti/c1-3-14-9-7-11-18(16(14)4-2)20-19-13-12-15-8-5-6-10-17(15)19;;;;/h5-13H,3-4H2,1-2H3;3*1H;/q-1;;;;. The van der Waals surface area contributed by atoms with Gasteiger partial charge in [0.1, 0.15) is 0 Å². The summed E-state index contributed by atoms with van der Waals surface area (Å²) in [4.78, 5) is 0. The van der Waals surface area contributed by atoms with E-state index >= 15 is 0 Å². The van der Waals surface area contributed by atoms with Crippen LogP contribution in [0.1, 0.15) is 25.0 Å². The number of halogens is 3. The molecule has 0 amide bonds. The molecule has 2 radical (unpaired) electrons. The van der Waals surface area contributed by atoms with Gasteiger partial charge < -0.3 is 0 Å². The van der Waals surface area contributed by atoms with E-state index in [1.165, 1.54) is 26.7 Å². The first-order chi connectivity index (χ1) is 9.83. The molecular formula is C19H22Cl3SiTi-. The first kappa shape index (κ1) is 26.1. The molecule has 3 aromatic carbocycles. The summed E-state index contributed by atoms with van der Waals surface area (Å²) in [6, 6.07) is 20.0. The van der Waals surface area contributed by atoms with Crippen molar-refractivity contribution in [3.8, 4) is 0 Å². The summed E-state index contributed by atoms with van der Waals surface area (Å²) in [6.45, 7) is 4.52. The fraction of sp³-hybridized carbons (Fsp3) is 0.211. The number of hydrogen-bond acceptors (Lipinski definition) is 0. The number of fused-ring (bicyclic) bond motifs is 1. The van der Waals surface area contributed by atoms with Gasteiger partial charge in [-0.25, -0.2) is 0 Å². The van der Waals surface area contributed by atoms with Crippen molar-refractivity contribution in [2.45, 2.75) is 26.7 Å². The van der Waals surface area contributed by atoms with Crippen LogP contribution >= 0.6 is 37.2 Å². The first-order valence-electron chi connectivity index (χ1n) is 7.35. The van der Waals surface area contributed by atoms with Gasteiger partial charge in [-0.1, -0.05) is 43.3 Å². The van der Waals surface area contributed by atoms with E-state index < -0.39 is 0 Å². The van der Waals surface area contributed by atoms with E-state index in [0.717, 1.165) is 22.4 Å². The van der Waals surface area contributed by atoms with Crippen molar-refractivity contribution < 1.29 is 21.7 Å². The molecule has 0 aromatic heterocycles. The Bertz CT molecular complexity index is 740. The molecule has 3 aromatic rings. The average molecular weight is 433 g/mol. The minimum atomic E-state index is 0. The van der Waals surface area contributed by atoms with E-state index in [1.54, 1.807) is 5.56 Å². The molecule has 24 heavy (non-hydrogen) atoms. The van der Waals surface area contributed by atoms with Gasteiger partial charge in [0.2, 0.25) is 0 Å². The van der Waals surface area contributed by atoms with Crippen LogP contribution in [0.5, 0.6) is 0 Å². The quantitative estimate of drug-likeness (QED) is 0.417. The number of hydrogen-bond donors (Lipinski definition) is 0. The van der Waals surface area contributed by atoms with Crippen LogP contribution < -0.4 is 10.4 Å². The number of rotatable bonds is 4. The van der Waals surface area contributed by atoms with Crippen LogP contribution in [0.25, 0.3) is 10.8 Å². The van der Waals surface area contributed by atoms with Gasteiger partial charge in [-0.15, -0.1) is 71.4 Å². The van der Waals surface area contributed by atoms with E-state index in [1.807, 2.05) is 0 Å². The Hall–Kier alpha value is -0.149. The monoisotopic (exact) mass is 431 g/mol. The zero-order valence-corrected chi connectivity index (χ0v) is 18.8. The van der Waals surface area contributed by atoms with Crippen molar-refractivity contribution in [3.05, 3.63) is 65.7 Å². The van der Waals surface area contributed by atoms with Gasteiger partial charge >= 0.3 is 0 Å². The van der Waals surface area contributed by atoms with Crippen molar-refractivity contribution in [2.75, 3.05) is 0 Å². The molecule has 5 heteroatoms. The third kappa shape index (κ3) is 5.42. The number of benzene rings is 2. The van der Waals surface area contributed by atoms with Crippen molar-refractivity contribution in [3.63, 3.8) is 0 Å². The zero-order valence-electron chi connectivity index (χ0n) is 13.8. The fourth-order valence-corrected chi connectivity index (χ4v) is 4.39. The van der Waals surface area contributed by atoms with Gasteiger partial charge in [0, 0.05) is 21.7 Å². The van der Waals surface area contributed by atoms with E-state index in [4.69, 9.17) is 0 Å². The molecule has 0 fully saturated rings. The maximum atomic E-state index is 2.30. The molecule has 0 spiro atoms. The Balaban J connectivity index is 0. The molecule has 0 N–H and O–H groups in total. The van der Waals surface area contributed by atoms with E-state index in [-0.39, 0.29) is 58.9 Å². The van der Waals surface area contributed by atoms with Gasteiger partial charge in [-0.3, -0.25) is 0 Å². The predicted octanol–water partition coefficient (Wildman–Crippen LogP) is 4.60. The van der Waals surface area contributed by atoms with Crippen molar-refractivity contribution in [1.29, 1.82) is 0 Å². The number of aryl methyl sites for hydroxylation is 1. The van der Waals surface area contributed by atoms with Crippen LogP contribution in [0.15, 0.2) is 54.6 Å². The molecule has 0 aliphatic rings. The summed E-state index contributed by atoms with van der Waals surface area (Å²) in [6.07, 6.45) is 2.26. The Morgan fingerprint density at radius 2 is 1.54 bits per heavy atom. The molecule has 0 nitrogen and oxygen atoms in total. The fourth-order valence-electron chi connectivity index (χ4n) is 2.91. The van der Waals surface area contributed by atoms with Crippen LogP contribution in [0.4, 0.5) is 0 Å².